The third kappa shape index (κ3) is 11.6. The minimum atomic E-state index is -1.21. The smallest absolute Gasteiger partial charge is 0.326 e. The van der Waals surface area contributed by atoms with Crippen molar-refractivity contribution in [3.8, 4) is 0 Å². The fourth-order valence-corrected chi connectivity index (χ4v) is 3.39. The van der Waals surface area contributed by atoms with Crippen molar-refractivity contribution in [1.29, 1.82) is 0 Å². The lowest BCUT2D eigenvalue weighted by atomic mass is 10.0. The molecule has 0 aliphatic carbocycles. The van der Waals surface area contributed by atoms with E-state index in [2.05, 4.69) is 20.9 Å². The number of hydrogen-bond donors (Lipinski definition) is 7. The number of carboxylic acid groups (broad SMARTS) is 1. The van der Waals surface area contributed by atoms with Crippen LogP contribution >= 0.6 is 0 Å². The number of rotatable bonds is 15. The van der Waals surface area contributed by atoms with Gasteiger partial charge in [0, 0.05) is 13.0 Å². The number of carboxylic acids is 1. The Balaban J connectivity index is 2.89. The minimum Gasteiger partial charge on any atom is -0.480 e. The van der Waals surface area contributed by atoms with E-state index in [1.807, 2.05) is 13.8 Å². The van der Waals surface area contributed by atoms with Crippen molar-refractivity contribution in [2.45, 2.75) is 70.6 Å². The van der Waals surface area contributed by atoms with Crippen LogP contribution in [0.5, 0.6) is 0 Å². The summed E-state index contributed by atoms with van der Waals surface area (Å²) in [4.78, 5) is 53.7. The summed E-state index contributed by atoms with van der Waals surface area (Å²) in [5, 5.41) is 17.2. The Kier molecular flexibility index (Phi) is 12.9. The zero-order valence-electron chi connectivity index (χ0n) is 21.1. The summed E-state index contributed by atoms with van der Waals surface area (Å²) in [7, 11) is 0. The average molecular weight is 506 g/mol. The summed E-state index contributed by atoms with van der Waals surface area (Å²) in [6.07, 6.45) is 0.997. The molecular weight excluding hydrogens is 466 g/mol. The molecule has 200 valence electrons. The van der Waals surface area contributed by atoms with E-state index in [-0.39, 0.29) is 31.3 Å². The molecular formula is C24H39N7O5. The summed E-state index contributed by atoms with van der Waals surface area (Å²) in [5.74, 6) is -2.89. The summed E-state index contributed by atoms with van der Waals surface area (Å²) in [6.45, 7) is 5.54. The minimum absolute atomic E-state index is 0.0663. The van der Waals surface area contributed by atoms with Gasteiger partial charge < -0.3 is 38.3 Å². The largest absolute Gasteiger partial charge is 0.480 e. The molecule has 0 saturated carbocycles. The van der Waals surface area contributed by atoms with Crippen LogP contribution in [0.15, 0.2) is 35.3 Å². The molecule has 0 aliphatic rings. The molecule has 1 aromatic rings. The molecule has 0 fully saturated rings. The number of carbonyl (C=O) groups is 4. The first kappa shape index (κ1) is 30.4. The number of aliphatic carboxylic acids is 1. The molecule has 36 heavy (non-hydrogen) atoms. The van der Waals surface area contributed by atoms with Crippen LogP contribution < -0.4 is 33.2 Å². The fraction of sp³-hybridized carbons (Fsp3) is 0.542. The topological polar surface area (TPSA) is 215 Å². The standard InChI is InChI=1S/C24H39N7O5/c1-14(2)12-17(25)21(33)29-15(3)20(32)30-18(10-7-11-28-24(26)27)22(34)31-19(23(35)36)13-16-8-5-4-6-9-16/h4-6,8-9,14-15,17-19H,7,10-13,25H2,1-3H3,(H,29,33)(H,30,32)(H,31,34)(H,35,36)(H4,26,27,28). The van der Waals surface area contributed by atoms with E-state index in [0.29, 0.717) is 12.8 Å². The average Bonchev–Trinajstić information content (AvgIpc) is 2.80. The van der Waals surface area contributed by atoms with Crippen LogP contribution in [0.1, 0.15) is 45.6 Å². The molecule has 0 bridgehead atoms. The molecule has 1 rings (SSSR count). The number of nitrogens with zero attached hydrogens (tertiary/aromatic N) is 1. The van der Waals surface area contributed by atoms with E-state index in [1.165, 1.54) is 6.92 Å². The molecule has 0 spiro atoms. The molecule has 4 unspecified atom stereocenters. The van der Waals surface area contributed by atoms with Crippen LogP contribution in [-0.2, 0) is 25.6 Å². The number of aliphatic imine (C=N–C) groups is 1. The molecule has 0 heterocycles. The highest BCUT2D eigenvalue weighted by Crippen LogP contribution is 2.07. The zero-order valence-corrected chi connectivity index (χ0v) is 21.1. The Morgan fingerprint density at radius 1 is 0.917 bits per heavy atom. The van der Waals surface area contributed by atoms with Crippen molar-refractivity contribution >= 4 is 29.7 Å². The van der Waals surface area contributed by atoms with Gasteiger partial charge in [0.2, 0.25) is 17.7 Å². The maximum atomic E-state index is 13.0. The Labute approximate surface area is 211 Å². The van der Waals surface area contributed by atoms with E-state index in [9.17, 15) is 24.3 Å². The van der Waals surface area contributed by atoms with Crippen LogP contribution in [-0.4, -0.2) is 65.5 Å². The maximum Gasteiger partial charge on any atom is 0.326 e. The van der Waals surface area contributed by atoms with E-state index in [0.717, 1.165) is 5.56 Å². The normalized spacial score (nSPS) is 14.1. The molecule has 10 N–H and O–H groups in total. The van der Waals surface area contributed by atoms with Gasteiger partial charge in [0.25, 0.3) is 0 Å². The Hall–Kier alpha value is -3.67. The number of guanidine groups is 1. The highest BCUT2D eigenvalue weighted by Gasteiger charge is 2.28. The highest BCUT2D eigenvalue weighted by molar-refractivity contribution is 5.93. The van der Waals surface area contributed by atoms with Crippen LogP contribution in [0.25, 0.3) is 0 Å². The summed E-state index contributed by atoms with van der Waals surface area (Å²) in [6, 6.07) is 4.83. The third-order valence-electron chi connectivity index (χ3n) is 5.29. The van der Waals surface area contributed by atoms with E-state index in [1.54, 1.807) is 30.3 Å². The number of hydrogen-bond acceptors (Lipinski definition) is 6. The van der Waals surface area contributed by atoms with Gasteiger partial charge in [-0.25, -0.2) is 4.79 Å². The van der Waals surface area contributed by atoms with Gasteiger partial charge in [0.15, 0.2) is 5.96 Å². The van der Waals surface area contributed by atoms with Crippen molar-refractivity contribution in [1.82, 2.24) is 16.0 Å². The number of nitrogens with one attached hydrogen (secondary N) is 3. The van der Waals surface area contributed by atoms with Crippen LogP contribution in [0, 0.1) is 5.92 Å². The Morgan fingerprint density at radius 2 is 1.53 bits per heavy atom. The number of benzene rings is 1. The van der Waals surface area contributed by atoms with Crippen LogP contribution in [0.2, 0.25) is 0 Å². The van der Waals surface area contributed by atoms with Gasteiger partial charge in [0.05, 0.1) is 6.04 Å². The lowest BCUT2D eigenvalue weighted by Gasteiger charge is -2.24. The summed E-state index contributed by atoms with van der Waals surface area (Å²) >= 11 is 0. The SMILES string of the molecule is CC(C)CC(N)C(=O)NC(C)C(=O)NC(CCCN=C(N)N)C(=O)NC(Cc1ccccc1)C(=O)O. The van der Waals surface area contributed by atoms with Gasteiger partial charge in [-0.3, -0.25) is 19.4 Å². The molecule has 0 aromatic heterocycles. The van der Waals surface area contributed by atoms with Crippen molar-refractivity contribution in [3.05, 3.63) is 35.9 Å². The first-order valence-corrected chi connectivity index (χ1v) is 11.9. The quantitative estimate of drug-likeness (QED) is 0.0908. The first-order valence-electron chi connectivity index (χ1n) is 11.9. The molecule has 0 saturated heterocycles. The molecule has 12 nitrogen and oxygen atoms in total. The van der Waals surface area contributed by atoms with E-state index >= 15 is 0 Å². The van der Waals surface area contributed by atoms with Crippen molar-refractivity contribution < 1.29 is 24.3 Å². The number of carbonyl (C=O) groups excluding carboxylic acids is 3. The molecule has 0 radical (unpaired) electrons. The molecule has 0 aliphatic heterocycles. The molecule has 4 atom stereocenters. The third-order valence-corrected chi connectivity index (χ3v) is 5.29. The maximum absolute atomic E-state index is 13.0. The second-order valence-electron chi connectivity index (χ2n) is 9.07. The summed E-state index contributed by atoms with van der Waals surface area (Å²) < 4.78 is 0. The second kappa shape index (κ2) is 15.4. The zero-order chi connectivity index (χ0) is 27.3. The number of nitrogens with two attached hydrogens (primary N) is 3. The molecule has 12 heteroatoms. The van der Waals surface area contributed by atoms with Gasteiger partial charge in [0.1, 0.15) is 18.1 Å². The second-order valence-corrected chi connectivity index (χ2v) is 9.07. The Bertz CT molecular complexity index is 903. The van der Waals surface area contributed by atoms with E-state index < -0.39 is 47.9 Å². The van der Waals surface area contributed by atoms with Crippen molar-refractivity contribution in [3.63, 3.8) is 0 Å². The van der Waals surface area contributed by atoms with Crippen LogP contribution in [0.4, 0.5) is 0 Å². The Morgan fingerprint density at radius 3 is 2.08 bits per heavy atom. The molecule has 1 aromatic carbocycles. The van der Waals surface area contributed by atoms with Gasteiger partial charge in [-0.2, -0.15) is 0 Å². The molecule has 3 amide bonds. The van der Waals surface area contributed by atoms with Crippen LogP contribution in [0.3, 0.4) is 0 Å². The first-order chi connectivity index (χ1) is 16.9. The van der Waals surface area contributed by atoms with Crippen molar-refractivity contribution in [2.75, 3.05) is 6.54 Å². The monoisotopic (exact) mass is 505 g/mol. The van der Waals surface area contributed by atoms with E-state index in [4.69, 9.17) is 17.2 Å². The van der Waals surface area contributed by atoms with Gasteiger partial charge >= 0.3 is 5.97 Å². The lowest BCUT2D eigenvalue weighted by molar-refractivity contribution is -0.142. The fourth-order valence-electron chi connectivity index (χ4n) is 3.39. The number of amides is 3. The van der Waals surface area contributed by atoms with Gasteiger partial charge in [-0.05, 0) is 37.7 Å². The predicted octanol–water partition coefficient (Wildman–Crippen LogP) is -0.785. The predicted molar refractivity (Wildman–Crippen MR) is 137 cm³/mol. The summed E-state index contributed by atoms with van der Waals surface area (Å²) in [5.41, 5.74) is 17.3. The lowest BCUT2D eigenvalue weighted by Crippen LogP contribution is -2.56. The van der Waals surface area contributed by atoms with Gasteiger partial charge in [-0.15, -0.1) is 0 Å². The van der Waals surface area contributed by atoms with Crippen molar-refractivity contribution in [2.24, 2.45) is 28.1 Å². The highest BCUT2D eigenvalue weighted by atomic mass is 16.4. The van der Waals surface area contributed by atoms with Gasteiger partial charge in [-0.1, -0.05) is 44.2 Å².